The number of hydrogen-bond acceptors (Lipinski definition) is 6. The summed E-state index contributed by atoms with van der Waals surface area (Å²) in [5, 5.41) is 8.84. The summed E-state index contributed by atoms with van der Waals surface area (Å²) in [6.45, 7) is 0.504. The van der Waals surface area contributed by atoms with E-state index in [2.05, 4.69) is 25.9 Å². The molecular formula is C19H26IN5O4. The van der Waals surface area contributed by atoms with Gasteiger partial charge in [-0.1, -0.05) is 0 Å². The second-order valence-corrected chi connectivity index (χ2v) is 5.60. The minimum atomic E-state index is -0.205. The van der Waals surface area contributed by atoms with Gasteiger partial charge in [0.15, 0.2) is 17.5 Å². The van der Waals surface area contributed by atoms with Crippen molar-refractivity contribution in [2.24, 2.45) is 4.99 Å². The molecule has 0 unspecified atom stereocenters. The van der Waals surface area contributed by atoms with Gasteiger partial charge in [-0.15, -0.1) is 24.0 Å². The van der Waals surface area contributed by atoms with E-state index in [9.17, 15) is 4.79 Å². The van der Waals surface area contributed by atoms with E-state index in [1.54, 1.807) is 52.9 Å². The van der Waals surface area contributed by atoms with Crippen LogP contribution in [0.4, 0.5) is 5.69 Å². The highest BCUT2D eigenvalue weighted by atomic mass is 127. The summed E-state index contributed by atoms with van der Waals surface area (Å²) >= 11 is 0. The van der Waals surface area contributed by atoms with E-state index < -0.39 is 0 Å². The molecule has 29 heavy (non-hydrogen) atoms. The van der Waals surface area contributed by atoms with Gasteiger partial charge in [-0.2, -0.15) is 0 Å². The van der Waals surface area contributed by atoms with E-state index in [0.717, 1.165) is 5.56 Å². The topological polar surface area (TPSA) is 106 Å². The van der Waals surface area contributed by atoms with Crippen LogP contribution in [0.3, 0.4) is 0 Å². The smallest absolute Gasteiger partial charge is 0.243 e. The lowest BCUT2D eigenvalue weighted by molar-refractivity contribution is -0.115. The molecule has 1 heterocycles. The lowest BCUT2D eigenvalue weighted by atomic mass is 10.2. The van der Waals surface area contributed by atoms with Gasteiger partial charge in [0, 0.05) is 19.8 Å². The summed E-state index contributed by atoms with van der Waals surface area (Å²) in [5.74, 6) is 1.94. The molecule has 2 rings (SSSR count). The number of rotatable bonds is 8. The number of aromatic nitrogens is 1. The number of pyridine rings is 1. The summed E-state index contributed by atoms with van der Waals surface area (Å²) < 4.78 is 16.0. The second kappa shape index (κ2) is 12.6. The summed E-state index contributed by atoms with van der Waals surface area (Å²) in [4.78, 5) is 20.1. The molecule has 158 valence electrons. The molecule has 10 heteroatoms. The molecule has 1 amide bonds. The lowest BCUT2D eigenvalue weighted by Gasteiger charge is -2.16. The molecule has 9 nitrogen and oxygen atoms in total. The SMILES string of the molecule is CN=C(NCC(=O)Nc1cccnc1)NCc1cc(OC)c(OC)c(OC)c1.I. The molecule has 0 atom stereocenters. The van der Waals surface area contributed by atoms with Crippen molar-refractivity contribution in [3.63, 3.8) is 0 Å². The van der Waals surface area contributed by atoms with Crippen LogP contribution >= 0.6 is 24.0 Å². The van der Waals surface area contributed by atoms with E-state index >= 15 is 0 Å². The molecular weight excluding hydrogens is 489 g/mol. The summed E-state index contributed by atoms with van der Waals surface area (Å²) in [6, 6.07) is 7.21. The molecule has 0 aliphatic rings. The number of anilines is 1. The molecule has 0 fully saturated rings. The first kappa shape index (κ1) is 24.3. The van der Waals surface area contributed by atoms with Crippen LogP contribution in [0.15, 0.2) is 41.7 Å². The van der Waals surface area contributed by atoms with Gasteiger partial charge < -0.3 is 30.2 Å². The van der Waals surface area contributed by atoms with Crippen molar-refractivity contribution in [3.8, 4) is 17.2 Å². The Morgan fingerprint density at radius 1 is 1.10 bits per heavy atom. The van der Waals surface area contributed by atoms with Crippen molar-refractivity contribution < 1.29 is 19.0 Å². The standard InChI is InChI=1S/C19H25N5O4.HI/c1-20-19(23-12-17(25)24-14-6-5-7-21-11-14)22-10-13-8-15(26-2)18(28-4)16(9-13)27-3;/h5-9,11H,10,12H2,1-4H3,(H,24,25)(H2,20,22,23);1H. The van der Waals surface area contributed by atoms with Gasteiger partial charge in [-0.3, -0.25) is 14.8 Å². The first-order chi connectivity index (χ1) is 13.6. The van der Waals surface area contributed by atoms with Crippen LogP contribution in [-0.2, 0) is 11.3 Å². The number of carbonyl (C=O) groups is 1. The molecule has 0 saturated carbocycles. The Morgan fingerprint density at radius 2 is 1.79 bits per heavy atom. The highest BCUT2D eigenvalue weighted by Gasteiger charge is 2.13. The van der Waals surface area contributed by atoms with Gasteiger partial charge in [0.25, 0.3) is 0 Å². The third-order valence-electron chi connectivity index (χ3n) is 3.77. The third kappa shape index (κ3) is 7.29. The van der Waals surface area contributed by atoms with E-state index in [0.29, 0.717) is 35.4 Å². The monoisotopic (exact) mass is 515 g/mol. The molecule has 0 bridgehead atoms. The maximum atomic E-state index is 12.0. The maximum absolute atomic E-state index is 12.0. The second-order valence-electron chi connectivity index (χ2n) is 5.60. The Labute approximate surface area is 187 Å². The molecule has 3 N–H and O–H groups in total. The first-order valence-corrected chi connectivity index (χ1v) is 8.54. The number of hydrogen-bond donors (Lipinski definition) is 3. The van der Waals surface area contributed by atoms with Crippen LogP contribution in [-0.4, -0.2) is 51.8 Å². The van der Waals surface area contributed by atoms with Crippen LogP contribution in [0.2, 0.25) is 0 Å². The van der Waals surface area contributed by atoms with E-state index in [4.69, 9.17) is 14.2 Å². The van der Waals surface area contributed by atoms with Crippen LogP contribution in [0.1, 0.15) is 5.56 Å². The predicted molar refractivity (Wildman–Crippen MR) is 123 cm³/mol. The summed E-state index contributed by atoms with van der Waals surface area (Å²) in [5.41, 5.74) is 1.53. The minimum absolute atomic E-state index is 0. The average Bonchev–Trinajstić information content (AvgIpc) is 2.73. The van der Waals surface area contributed by atoms with Crippen molar-refractivity contribution >= 4 is 41.5 Å². The normalized spacial score (nSPS) is 10.4. The number of carbonyl (C=O) groups excluding carboxylic acids is 1. The highest BCUT2D eigenvalue weighted by molar-refractivity contribution is 14.0. The molecule has 1 aromatic carbocycles. The largest absolute Gasteiger partial charge is 0.493 e. The van der Waals surface area contributed by atoms with Gasteiger partial charge >= 0.3 is 0 Å². The summed E-state index contributed by atoms with van der Waals surface area (Å²) in [7, 11) is 6.32. The number of amides is 1. The third-order valence-corrected chi connectivity index (χ3v) is 3.77. The predicted octanol–water partition coefficient (Wildman–Crippen LogP) is 2.03. The number of nitrogens with zero attached hydrogens (tertiary/aromatic N) is 2. The molecule has 2 aromatic rings. The van der Waals surface area contributed by atoms with E-state index in [1.165, 1.54) is 0 Å². The Kier molecular flexibility index (Phi) is 10.6. The van der Waals surface area contributed by atoms with Crippen molar-refractivity contribution in [2.45, 2.75) is 6.54 Å². The molecule has 0 aliphatic heterocycles. The van der Waals surface area contributed by atoms with Crippen molar-refractivity contribution in [1.29, 1.82) is 0 Å². The van der Waals surface area contributed by atoms with Crippen molar-refractivity contribution in [1.82, 2.24) is 15.6 Å². The zero-order valence-electron chi connectivity index (χ0n) is 16.8. The fraction of sp³-hybridized carbons (Fsp3) is 0.316. The molecule has 0 saturated heterocycles. The average molecular weight is 515 g/mol. The van der Waals surface area contributed by atoms with Gasteiger partial charge in [-0.05, 0) is 29.8 Å². The van der Waals surface area contributed by atoms with E-state index in [-0.39, 0.29) is 36.4 Å². The Hall–Kier alpha value is -2.76. The quantitative estimate of drug-likeness (QED) is 0.281. The first-order valence-electron chi connectivity index (χ1n) is 8.54. The number of ether oxygens (including phenoxy) is 3. The number of methoxy groups -OCH3 is 3. The zero-order valence-corrected chi connectivity index (χ0v) is 19.1. The van der Waals surface area contributed by atoms with Crippen molar-refractivity contribution in [2.75, 3.05) is 40.2 Å². The fourth-order valence-electron chi connectivity index (χ4n) is 2.45. The number of nitrogens with one attached hydrogen (secondary N) is 3. The number of guanidine groups is 1. The Balaban J connectivity index is 0.00000420. The maximum Gasteiger partial charge on any atom is 0.243 e. The number of aliphatic imine (C=N–C) groups is 1. The fourth-order valence-corrected chi connectivity index (χ4v) is 2.45. The summed E-state index contributed by atoms with van der Waals surface area (Å²) in [6.07, 6.45) is 3.22. The molecule has 0 spiro atoms. The molecule has 0 aliphatic carbocycles. The Bertz CT molecular complexity index is 792. The van der Waals surface area contributed by atoms with Crippen LogP contribution in [0.25, 0.3) is 0 Å². The van der Waals surface area contributed by atoms with Gasteiger partial charge in [0.2, 0.25) is 11.7 Å². The Morgan fingerprint density at radius 3 is 2.31 bits per heavy atom. The minimum Gasteiger partial charge on any atom is -0.493 e. The van der Waals surface area contributed by atoms with E-state index in [1.807, 2.05) is 12.1 Å². The van der Waals surface area contributed by atoms with Crippen LogP contribution in [0.5, 0.6) is 17.2 Å². The highest BCUT2D eigenvalue weighted by Crippen LogP contribution is 2.38. The van der Waals surface area contributed by atoms with Crippen molar-refractivity contribution in [3.05, 3.63) is 42.2 Å². The zero-order chi connectivity index (χ0) is 20.4. The lowest BCUT2D eigenvalue weighted by Crippen LogP contribution is -2.41. The molecule has 1 aromatic heterocycles. The van der Waals surface area contributed by atoms with Gasteiger partial charge in [-0.25, -0.2) is 0 Å². The van der Waals surface area contributed by atoms with Gasteiger partial charge in [0.1, 0.15) is 0 Å². The number of benzene rings is 1. The van der Waals surface area contributed by atoms with Gasteiger partial charge in [0.05, 0.1) is 39.8 Å². The van der Waals surface area contributed by atoms with Crippen LogP contribution < -0.4 is 30.2 Å². The number of halogens is 1. The van der Waals surface area contributed by atoms with Crippen LogP contribution in [0, 0.1) is 0 Å². The molecule has 0 radical (unpaired) electrons.